The molecule has 0 N–H and O–H groups in total. The minimum absolute atomic E-state index is 0.287. The van der Waals surface area contributed by atoms with Crippen molar-refractivity contribution in [2.75, 3.05) is 0 Å². The van der Waals surface area contributed by atoms with Crippen LogP contribution in [-0.2, 0) is 0 Å². The van der Waals surface area contributed by atoms with Crippen LogP contribution in [0.4, 0.5) is 0 Å². The lowest BCUT2D eigenvalue weighted by Gasteiger charge is -2.25. The van der Waals surface area contributed by atoms with Crippen LogP contribution in [0.2, 0.25) is 0 Å². The molecule has 0 bridgehead atoms. The standard InChI is InChI=1S/C55H44N2/c1-3-13-39(14-4-1)45-34-46(40-15-5-2-6-16-40)36-47(35-45)44-29-30-51-52(37-44)55(42-23-21-38(22-24-42)33-48-17-9-11-31-56-48)50-19-8-7-18-49(50)54(51)43-27-25-41(26-28-43)53-20-10-12-32-57-53/h1-8,10-16,18-21,23,25-32,35-37,45H,9,17,22,24,33-34H2. The number of rotatable bonds is 8. The minimum Gasteiger partial charge on any atom is -0.266 e. The van der Waals surface area contributed by atoms with E-state index in [0.29, 0.717) is 0 Å². The summed E-state index contributed by atoms with van der Waals surface area (Å²) < 4.78 is 0. The topological polar surface area (TPSA) is 25.2 Å². The molecule has 0 saturated carbocycles. The molecule has 1 unspecified atom stereocenters. The van der Waals surface area contributed by atoms with Gasteiger partial charge in [-0.15, -0.1) is 0 Å². The van der Waals surface area contributed by atoms with Crippen molar-refractivity contribution in [1.82, 2.24) is 4.98 Å². The van der Waals surface area contributed by atoms with Crippen LogP contribution in [0.5, 0.6) is 0 Å². The molecule has 2 aliphatic carbocycles. The minimum atomic E-state index is 0.287. The predicted molar refractivity (Wildman–Crippen MR) is 242 cm³/mol. The summed E-state index contributed by atoms with van der Waals surface area (Å²) in [4.78, 5) is 9.33. The molecule has 10 rings (SSSR count). The van der Waals surface area contributed by atoms with Gasteiger partial charge in [0.1, 0.15) is 0 Å². The molecule has 1 aliphatic heterocycles. The highest BCUT2D eigenvalue weighted by Gasteiger charge is 2.23. The molecule has 7 aromatic rings. The first-order valence-corrected chi connectivity index (χ1v) is 20.4. The smallest absolute Gasteiger partial charge is 0.0701 e. The summed E-state index contributed by atoms with van der Waals surface area (Å²) >= 11 is 0. The molecule has 0 amide bonds. The second-order valence-electron chi connectivity index (χ2n) is 15.5. The van der Waals surface area contributed by atoms with E-state index < -0.39 is 0 Å². The Balaban J connectivity index is 1.17. The van der Waals surface area contributed by atoms with E-state index >= 15 is 0 Å². The van der Waals surface area contributed by atoms with E-state index in [1.807, 2.05) is 18.5 Å². The Hall–Kier alpha value is -6.64. The normalized spacial score (nSPS) is 16.8. The third kappa shape index (κ3) is 7.04. The zero-order chi connectivity index (χ0) is 38.0. The van der Waals surface area contributed by atoms with Crippen molar-refractivity contribution in [2.24, 2.45) is 4.99 Å². The van der Waals surface area contributed by atoms with Crippen LogP contribution in [0.3, 0.4) is 0 Å². The number of hydrogen-bond donors (Lipinski definition) is 0. The number of pyridine rings is 1. The van der Waals surface area contributed by atoms with E-state index in [4.69, 9.17) is 4.99 Å². The first kappa shape index (κ1) is 34.8. The summed E-state index contributed by atoms with van der Waals surface area (Å²) in [7, 11) is 0. The monoisotopic (exact) mass is 732 g/mol. The molecule has 2 nitrogen and oxygen atoms in total. The number of aromatic nitrogens is 1. The number of aliphatic imine (C=N–C) groups is 1. The second-order valence-corrected chi connectivity index (χ2v) is 15.5. The molecular weight excluding hydrogens is 689 g/mol. The summed E-state index contributed by atoms with van der Waals surface area (Å²) in [5.74, 6) is 0.287. The second kappa shape index (κ2) is 15.5. The Labute approximate surface area is 335 Å². The molecular formula is C55H44N2. The third-order valence-corrected chi connectivity index (χ3v) is 12.0. The number of allylic oxidation sites excluding steroid dienone is 9. The highest BCUT2D eigenvalue weighted by Crippen LogP contribution is 2.46. The number of fused-ring (bicyclic) bond motifs is 2. The van der Waals surface area contributed by atoms with Crippen LogP contribution < -0.4 is 0 Å². The van der Waals surface area contributed by atoms with Crippen molar-refractivity contribution in [2.45, 2.75) is 44.4 Å². The van der Waals surface area contributed by atoms with E-state index in [0.717, 1.165) is 49.8 Å². The first-order chi connectivity index (χ1) is 28.2. The molecule has 1 atom stereocenters. The highest BCUT2D eigenvalue weighted by atomic mass is 14.7. The van der Waals surface area contributed by atoms with Gasteiger partial charge in [-0.2, -0.15) is 0 Å². The van der Waals surface area contributed by atoms with Crippen molar-refractivity contribution < 1.29 is 0 Å². The summed E-state index contributed by atoms with van der Waals surface area (Å²) in [6, 6.07) is 53.3. The van der Waals surface area contributed by atoms with Gasteiger partial charge in [0.15, 0.2) is 0 Å². The lowest BCUT2D eigenvalue weighted by atomic mass is 9.79. The summed E-state index contributed by atoms with van der Waals surface area (Å²) in [5.41, 5.74) is 16.7. The van der Waals surface area contributed by atoms with Crippen molar-refractivity contribution in [1.29, 1.82) is 0 Å². The lowest BCUT2D eigenvalue weighted by Crippen LogP contribution is -2.05. The fourth-order valence-electron chi connectivity index (χ4n) is 9.09. The van der Waals surface area contributed by atoms with Crippen LogP contribution in [0.15, 0.2) is 199 Å². The van der Waals surface area contributed by atoms with Crippen molar-refractivity contribution >= 4 is 44.0 Å². The van der Waals surface area contributed by atoms with Crippen molar-refractivity contribution in [3.63, 3.8) is 0 Å². The number of benzene rings is 6. The fourth-order valence-corrected chi connectivity index (χ4v) is 9.09. The zero-order valence-electron chi connectivity index (χ0n) is 32.1. The van der Waals surface area contributed by atoms with Crippen LogP contribution >= 0.6 is 0 Å². The van der Waals surface area contributed by atoms with Gasteiger partial charge in [0.25, 0.3) is 0 Å². The summed E-state index contributed by atoms with van der Waals surface area (Å²) in [6.45, 7) is 0. The van der Waals surface area contributed by atoms with Gasteiger partial charge in [-0.25, -0.2) is 0 Å². The van der Waals surface area contributed by atoms with Crippen LogP contribution in [-0.4, -0.2) is 10.7 Å². The largest absolute Gasteiger partial charge is 0.266 e. The van der Waals surface area contributed by atoms with Gasteiger partial charge < -0.3 is 0 Å². The molecule has 0 fully saturated rings. The molecule has 274 valence electrons. The Morgan fingerprint density at radius 1 is 0.544 bits per heavy atom. The van der Waals surface area contributed by atoms with Gasteiger partial charge in [0, 0.05) is 36.0 Å². The van der Waals surface area contributed by atoms with Gasteiger partial charge in [-0.05, 0) is 122 Å². The maximum Gasteiger partial charge on any atom is 0.0701 e. The predicted octanol–water partition coefficient (Wildman–Crippen LogP) is 14.6. The fraction of sp³-hybridized carbons (Fsp3) is 0.127. The molecule has 6 aromatic carbocycles. The molecule has 0 radical (unpaired) electrons. The average molecular weight is 733 g/mol. The summed E-state index contributed by atoms with van der Waals surface area (Å²) in [5, 5.41) is 5.17. The molecule has 1 aromatic heterocycles. The molecule has 2 heteroatoms. The van der Waals surface area contributed by atoms with Crippen molar-refractivity contribution in [3.05, 3.63) is 216 Å². The maximum absolute atomic E-state index is 4.71. The molecule has 3 aliphatic rings. The van der Waals surface area contributed by atoms with E-state index in [1.165, 1.54) is 82.9 Å². The number of hydrogen-bond acceptors (Lipinski definition) is 2. The van der Waals surface area contributed by atoms with Crippen LogP contribution in [0, 0.1) is 0 Å². The van der Waals surface area contributed by atoms with E-state index in [2.05, 4.69) is 175 Å². The molecule has 0 saturated heterocycles. The molecule has 0 spiro atoms. The third-order valence-electron chi connectivity index (χ3n) is 12.0. The van der Waals surface area contributed by atoms with Crippen LogP contribution in [0.1, 0.15) is 66.7 Å². The average Bonchev–Trinajstić information content (AvgIpc) is 3.29. The summed E-state index contributed by atoms with van der Waals surface area (Å²) in [6.07, 6.45) is 21.9. The zero-order valence-corrected chi connectivity index (χ0v) is 32.1. The van der Waals surface area contributed by atoms with Gasteiger partial charge >= 0.3 is 0 Å². The Morgan fingerprint density at radius 3 is 2.00 bits per heavy atom. The maximum atomic E-state index is 4.71. The first-order valence-electron chi connectivity index (χ1n) is 20.4. The van der Waals surface area contributed by atoms with E-state index in [9.17, 15) is 0 Å². The van der Waals surface area contributed by atoms with Gasteiger partial charge in [0.2, 0.25) is 0 Å². The van der Waals surface area contributed by atoms with E-state index in [1.54, 1.807) is 0 Å². The lowest BCUT2D eigenvalue weighted by molar-refractivity contribution is 0.871. The Morgan fingerprint density at radius 2 is 1.26 bits per heavy atom. The van der Waals surface area contributed by atoms with Gasteiger partial charge in [-0.3, -0.25) is 9.98 Å². The SMILES string of the molecule is C1=CN=C(CC2=CC=C(c3c4ccccc4c(-c4ccc(-c5ccccn5)cc4)c4ccc(C5=CC(c6ccccc6)CC(c6ccccc6)=C5)cc34)CC2)CC1. The van der Waals surface area contributed by atoms with Gasteiger partial charge in [-0.1, -0.05) is 163 Å². The quantitative estimate of drug-likeness (QED) is 0.143. The van der Waals surface area contributed by atoms with Crippen LogP contribution in [0.25, 0.3) is 60.6 Å². The molecule has 2 heterocycles. The van der Waals surface area contributed by atoms with Gasteiger partial charge in [0.05, 0.1) is 5.69 Å². The van der Waals surface area contributed by atoms with Crippen molar-refractivity contribution in [3.8, 4) is 22.4 Å². The van der Waals surface area contributed by atoms with E-state index in [-0.39, 0.29) is 5.92 Å². The molecule has 57 heavy (non-hydrogen) atoms. The Kier molecular flexibility index (Phi) is 9.46. The number of nitrogens with zero attached hydrogens (tertiary/aromatic N) is 2. The highest BCUT2D eigenvalue weighted by molar-refractivity contribution is 6.19. The Bertz CT molecular complexity index is 2800.